The van der Waals surface area contributed by atoms with Crippen LogP contribution in [-0.2, 0) is 23.4 Å². The molecular formula is C12H26O5Si. The number of hydrogen-bond donors (Lipinski definition) is 0. The fourth-order valence-electron chi connectivity index (χ4n) is 1.89. The van der Waals surface area contributed by atoms with Gasteiger partial charge in [0, 0.05) is 27.8 Å². The molecular weight excluding hydrogens is 252 g/mol. The summed E-state index contributed by atoms with van der Waals surface area (Å²) < 4.78 is 27.7. The van der Waals surface area contributed by atoms with Crippen molar-refractivity contribution >= 4 is 10.5 Å². The Balaban J connectivity index is 5.30. The van der Waals surface area contributed by atoms with Crippen LogP contribution in [0.15, 0.2) is 12.2 Å². The standard InChI is InChI=1S/C12H26O5Si/c1-7-8-11(13-4,16-9-10(2)3)12(14-5,15-6)17-18/h2,7-9H2,1,3-6,18H3. The van der Waals surface area contributed by atoms with Crippen LogP contribution in [0.4, 0.5) is 0 Å². The first-order valence-corrected chi connectivity index (χ1v) is 6.78. The van der Waals surface area contributed by atoms with Crippen molar-refractivity contribution in [1.82, 2.24) is 0 Å². The Hall–Kier alpha value is -0.243. The topological polar surface area (TPSA) is 46.2 Å². The molecule has 0 aromatic heterocycles. The van der Waals surface area contributed by atoms with Crippen LogP contribution in [0.2, 0.25) is 0 Å². The Morgan fingerprint density at radius 2 is 1.72 bits per heavy atom. The highest BCUT2D eigenvalue weighted by Crippen LogP contribution is 2.36. The van der Waals surface area contributed by atoms with Gasteiger partial charge in [-0.2, -0.15) is 0 Å². The zero-order chi connectivity index (χ0) is 14.2. The molecule has 0 rings (SSSR count). The zero-order valence-electron chi connectivity index (χ0n) is 12.4. The molecule has 0 fully saturated rings. The van der Waals surface area contributed by atoms with Crippen molar-refractivity contribution in [2.24, 2.45) is 0 Å². The summed E-state index contributed by atoms with van der Waals surface area (Å²) in [5.74, 6) is -2.45. The molecule has 0 aliphatic heterocycles. The maximum atomic E-state index is 5.84. The maximum Gasteiger partial charge on any atom is 0.329 e. The van der Waals surface area contributed by atoms with Crippen molar-refractivity contribution in [3.63, 3.8) is 0 Å². The molecule has 0 spiro atoms. The monoisotopic (exact) mass is 278 g/mol. The minimum absolute atomic E-state index is 0.354. The minimum atomic E-state index is -1.35. The van der Waals surface area contributed by atoms with Gasteiger partial charge in [0.2, 0.25) is 0 Å². The lowest BCUT2D eigenvalue weighted by atomic mass is 10.1. The van der Waals surface area contributed by atoms with E-state index in [1.54, 1.807) is 7.11 Å². The fraction of sp³-hybridized carbons (Fsp3) is 0.833. The molecule has 6 heteroatoms. The average Bonchev–Trinajstić information content (AvgIpc) is 2.38. The van der Waals surface area contributed by atoms with Gasteiger partial charge < -0.3 is 23.4 Å². The first-order valence-electron chi connectivity index (χ1n) is 5.96. The Morgan fingerprint density at radius 1 is 1.17 bits per heavy atom. The molecule has 0 amide bonds. The van der Waals surface area contributed by atoms with Gasteiger partial charge in [-0.25, -0.2) is 0 Å². The van der Waals surface area contributed by atoms with Crippen molar-refractivity contribution in [2.75, 3.05) is 27.9 Å². The largest absolute Gasteiger partial charge is 0.376 e. The highest BCUT2D eigenvalue weighted by molar-refractivity contribution is 5.98. The summed E-state index contributed by atoms with van der Waals surface area (Å²) in [6.45, 7) is 8.09. The maximum absolute atomic E-state index is 5.84. The SMILES string of the molecule is C=C(C)COC(CCC)(OC)C(OC)(OC)O[SiH3]. The van der Waals surface area contributed by atoms with E-state index in [0.717, 1.165) is 12.0 Å². The van der Waals surface area contributed by atoms with Gasteiger partial charge in [0.1, 0.15) is 0 Å². The van der Waals surface area contributed by atoms with Gasteiger partial charge in [-0.05, 0) is 6.92 Å². The van der Waals surface area contributed by atoms with Gasteiger partial charge in [0.05, 0.1) is 6.61 Å². The van der Waals surface area contributed by atoms with E-state index in [2.05, 4.69) is 6.58 Å². The smallest absolute Gasteiger partial charge is 0.329 e. The molecule has 1 unspecified atom stereocenters. The molecule has 0 N–H and O–H groups in total. The summed E-state index contributed by atoms with van der Waals surface area (Å²) in [7, 11) is 5.00. The van der Waals surface area contributed by atoms with Gasteiger partial charge >= 0.3 is 5.97 Å². The molecule has 0 aromatic carbocycles. The summed E-state index contributed by atoms with van der Waals surface area (Å²) in [6.07, 6.45) is 1.42. The Labute approximate surface area is 113 Å². The second kappa shape index (κ2) is 8.03. The molecule has 1 atom stereocenters. The third kappa shape index (κ3) is 3.63. The van der Waals surface area contributed by atoms with Crippen LogP contribution in [0.25, 0.3) is 0 Å². The van der Waals surface area contributed by atoms with Crippen molar-refractivity contribution in [3.8, 4) is 0 Å². The lowest BCUT2D eigenvalue weighted by Gasteiger charge is -2.45. The van der Waals surface area contributed by atoms with Crippen molar-refractivity contribution in [2.45, 2.75) is 38.4 Å². The summed E-state index contributed by atoms with van der Waals surface area (Å²) in [6, 6.07) is 0. The van der Waals surface area contributed by atoms with Crippen molar-refractivity contribution < 1.29 is 23.4 Å². The number of methoxy groups -OCH3 is 3. The normalized spacial score (nSPS) is 15.6. The van der Waals surface area contributed by atoms with Crippen molar-refractivity contribution in [3.05, 3.63) is 12.2 Å². The first-order chi connectivity index (χ1) is 8.47. The molecule has 0 saturated heterocycles. The molecule has 0 radical (unpaired) electrons. The van der Waals surface area contributed by atoms with E-state index < -0.39 is 11.8 Å². The van der Waals surface area contributed by atoms with Crippen LogP contribution >= 0.6 is 0 Å². The summed E-state index contributed by atoms with van der Waals surface area (Å²) >= 11 is 0. The van der Waals surface area contributed by atoms with E-state index in [9.17, 15) is 0 Å². The molecule has 0 aliphatic carbocycles. The van der Waals surface area contributed by atoms with Crippen LogP contribution in [0, 0.1) is 0 Å². The predicted molar refractivity (Wildman–Crippen MR) is 73.2 cm³/mol. The van der Waals surface area contributed by atoms with Crippen LogP contribution < -0.4 is 0 Å². The van der Waals surface area contributed by atoms with Gasteiger partial charge in [0.25, 0.3) is 5.79 Å². The Bertz CT molecular complexity index is 247. The summed E-state index contributed by atoms with van der Waals surface area (Å²) in [4.78, 5) is 0. The van der Waals surface area contributed by atoms with E-state index in [-0.39, 0.29) is 0 Å². The van der Waals surface area contributed by atoms with Gasteiger partial charge in [-0.15, -0.1) is 0 Å². The highest BCUT2D eigenvalue weighted by Gasteiger charge is 2.55. The lowest BCUT2D eigenvalue weighted by molar-refractivity contribution is -0.461. The molecule has 18 heavy (non-hydrogen) atoms. The molecule has 5 nitrogen and oxygen atoms in total. The molecule has 0 aromatic rings. The van der Waals surface area contributed by atoms with Gasteiger partial charge in [0.15, 0.2) is 10.5 Å². The van der Waals surface area contributed by atoms with E-state index >= 15 is 0 Å². The van der Waals surface area contributed by atoms with Gasteiger partial charge in [-0.3, -0.25) is 0 Å². The number of rotatable bonds is 10. The van der Waals surface area contributed by atoms with Crippen LogP contribution in [0.5, 0.6) is 0 Å². The Kier molecular flexibility index (Phi) is 7.93. The summed E-state index contributed by atoms with van der Waals surface area (Å²) in [5, 5.41) is 0. The molecule has 0 saturated carbocycles. The van der Waals surface area contributed by atoms with E-state index in [0.29, 0.717) is 23.5 Å². The predicted octanol–water partition coefficient (Wildman–Crippen LogP) is 0.965. The van der Waals surface area contributed by atoms with Crippen LogP contribution in [-0.4, -0.2) is 50.2 Å². The van der Waals surface area contributed by atoms with E-state index in [1.807, 2.05) is 13.8 Å². The van der Waals surface area contributed by atoms with Crippen molar-refractivity contribution in [1.29, 1.82) is 0 Å². The third-order valence-corrected chi connectivity index (χ3v) is 3.27. The molecule has 0 bridgehead atoms. The first kappa shape index (κ1) is 17.8. The quantitative estimate of drug-likeness (QED) is 0.338. The number of ether oxygens (including phenoxy) is 4. The fourth-order valence-corrected chi connectivity index (χ4v) is 2.53. The van der Waals surface area contributed by atoms with Crippen LogP contribution in [0.1, 0.15) is 26.7 Å². The summed E-state index contributed by atoms with van der Waals surface area (Å²) in [5.41, 5.74) is 0.891. The average molecular weight is 278 g/mol. The van der Waals surface area contributed by atoms with Gasteiger partial charge in [-0.1, -0.05) is 25.5 Å². The molecule has 0 aliphatic rings. The highest BCUT2D eigenvalue weighted by atomic mass is 28.2. The second-order valence-electron chi connectivity index (χ2n) is 4.12. The Morgan fingerprint density at radius 3 is 2.00 bits per heavy atom. The second-order valence-corrected chi connectivity index (χ2v) is 4.53. The lowest BCUT2D eigenvalue weighted by Crippen LogP contribution is -2.61. The third-order valence-electron chi connectivity index (χ3n) is 2.73. The van der Waals surface area contributed by atoms with E-state index in [1.165, 1.54) is 14.2 Å². The molecule has 108 valence electrons. The van der Waals surface area contributed by atoms with E-state index in [4.69, 9.17) is 23.4 Å². The van der Waals surface area contributed by atoms with Crippen LogP contribution in [0.3, 0.4) is 0 Å². The zero-order valence-corrected chi connectivity index (χ0v) is 14.4. The molecule has 0 heterocycles. The number of hydrogen-bond acceptors (Lipinski definition) is 5. The minimum Gasteiger partial charge on any atom is -0.376 e.